The van der Waals surface area contributed by atoms with Crippen LogP contribution in [-0.2, 0) is 17.1 Å². The topological polar surface area (TPSA) is 87.8 Å². The number of hydrogen-bond donors (Lipinski definition) is 1. The summed E-state index contributed by atoms with van der Waals surface area (Å²) < 4.78 is 29.0. The molecule has 24 heavy (non-hydrogen) atoms. The highest BCUT2D eigenvalue weighted by Crippen LogP contribution is 2.31. The summed E-state index contributed by atoms with van der Waals surface area (Å²) in [6, 6.07) is 11.2. The first-order chi connectivity index (χ1) is 11.4. The average molecular weight is 358 g/mol. The zero-order valence-corrected chi connectivity index (χ0v) is 14.6. The third-order valence-corrected chi connectivity index (χ3v) is 5.73. The van der Waals surface area contributed by atoms with E-state index >= 15 is 0 Å². The number of nitriles is 1. The minimum atomic E-state index is -3.74. The molecular weight excluding hydrogens is 344 g/mol. The molecule has 2 aromatic heterocycles. The maximum absolute atomic E-state index is 12.4. The Morgan fingerprint density at radius 2 is 2.08 bits per heavy atom. The molecule has 0 fully saturated rings. The lowest BCUT2D eigenvalue weighted by Crippen LogP contribution is -2.14. The molecule has 0 saturated carbocycles. The second-order valence-electron chi connectivity index (χ2n) is 5.29. The van der Waals surface area contributed by atoms with Crippen molar-refractivity contribution < 1.29 is 8.42 Å². The molecule has 8 heteroatoms. The molecule has 0 bridgehead atoms. The Bertz CT molecular complexity index is 1040. The van der Waals surface area contributed by atoms with Gasteiger partial charge in [0.05, 0.1) is 12.0 Å². The number of benzene rings is 1. The van der Waals surface area contributed by atoms with E-state index in [0.29, 0.717) is 10.6 Å². The van der Waals surface area contributed by atoms with E-state index in [1.807, 2.05) is 25.1 Å². The van der Waals surface area contributed by atoms with E-state index in [1.165, 1.54) is 23.9 Å². The van der Waals surface area contributed by atoms with Gasteiger partial charge in [0, 0.05) is 18.1 Å². The Morgan fingerprint density at radius 1 is 1.29 bits per heavy atom. The van der Waals surface area contributed by atoms with Gasteiger partial charge in [0.15, 0.2) is 5.03 Å². The summed E-state index contributed by atoms with van der Waals surface area (Å²) in [4.78, 5) is 5.41. The normalized spacial score (nSPS) is 11.2. The molecule has 0 spiro atoms. The molecule has 3 rings (SSSR count). The molecule has 3 aromatic rings. The Morgan fingerprint density at radius 3 is 2.71 bits per heavy atom. The quantitative estimate of drug-likeness (QED) is 0.776. The molecule has 0 atom stereocenters. The lowest BCUT2D eigenvalue weighted by Gasteiger charge is -2.10. The number of aryl methyl sites for hydroxylation is 2. The Labute approximate surface area is 144 Å². The molecule has 2 heterocycles. The minimum absolute atomic E-state index is 0.0299. The number of rotatable bonds is 4. The van der Waals surface area contributed by atoms with Crippen molar-refractivity contribution in [3.8, 4) is 16.5 Å². The van der Waals surface area contributed by atoms with Gasteiger partial charge in [0.25, 0.3) is 10.0 Å². The summed E-state index contributed by atoms with van der Waals surface area (Å²) in [6.07, 6.45) is 2.88. The van der Waals surface area contributed by atoms with Crippen LogP contribution in [0.2, 0.25) is 0 Å². The van der Waals surface area contributed by atoms with Crippen LogP contribution in [0.25, 0.3) is 10.4 Å². The number of nitrogens with zero attached hydrogens (tertiary/aromatic N) is 3. The molecule has 1 N–H and O–H groups in total. The first-order valence-corrected chi connectivity index (χ1v) is 9.31. The molecule has 0 saturated heterocycles. The highest BCUT2D eigenvalue weighted by atomic mass is 32.2. The number of imidazole rings is 1. The molecule has 1 aromatic carbocycles. The number of hydrogen-bond acceptors (Lipinski definition) is 5. The summed E-state index contributed by atoms with van der Waals surface area (Å²) in [5, 5.41) is 8.91. The number of anilines is 1. The van der Waals surface area contributed by atoms with Crippen LogP contribution in [-0.4, -0.2) is 18.0 Å². The maximum atomic E-state index is 12.4. The van der Waals surface area contributed by atoms with Gasteiger partial charge in [0.2, 0.25) is 0 Å². The second kappa shape index (κ2) is 6.11. The molecule has 0 aliphatic rings. The summed E-state index contributed by atoms with van der Waals surface area (Å²) in [5.74, 6) is 0. The highest BCUT2D eigenvalue weighted by Gasteiger charge is 2.18. The first-order valence-electron chi connectivity index (χ1n) is 7.01. The van der Waals surface area contributed by atoms with Crippen molar-refractivity contribution in [2.45, 2.75) is 11.9 Å². The number of thiophene rings is 1. The average Bonchev–Trinajstić information content (AvgIpc) is 3.18. The van der Waals surface area contributed by atoms with E-state index in [2.05, 4.69) is 15.8 Å². The van der Waals surface area contributed by atoms with Crippen LogP contribution >= 0.6 is 11.3 Å². The molecule has 6 nitrogen and oxygen atoms in total. The fraction of sp³-hybridized carbons (Fsp3) is 0.125. The van der Waals surface area contributed by atoms with Crippen LogP contribution in [0.15, 0.2) is 47.9 Å². The summed E-state index contributed by atoms with van der Waals surface area (Å²) in [7, 11) is -2.03. The molecule has 0 unspecified atom stereocenters. The van der Waals surface area contributed by atoms with E-state index in [1.54, 1.807) is 23.7 Å². The van der Waals surface area contributed by atoms with Crippen molar-refractivity contribution in [2.24, 2.45) is 7.05 Å². The van der Waals surface area contributed by atoms with Crippen LogP contribution in [0, 0.1) is 18.3 Å². The minimum Gasteiger partial charge on any atom is -0.339 e. The van der Waals surface area contributed by atoms with Crippen molar-refractivity contribution in [3.05, 3.63) is 53.3 Å². The van der Waals surface area contributed by atoms with Crippen LogP contribution in [0.4, 0.5) is 5.69 Å². The fourth-order valence-corrected chi connectivity index (χ4v) is 4.07. The highest BCUT2D eigenvalue weighted by molar-refractivity contribution is 7.92. The molecule has 0 aliphatic carbocycles. The van der Waals surface area contributed by atoms with Crippen molar-refractivity contribution >= 4 is 27.0 Å². The zero-order chi connectivity index (χ0) is 17.3. The predicted octanol–water partition coefficient (Wildman–Crippen LogP) is 3.13. The third kappa shape index (κ3) is 3.18. The monoisotopic (exact) mass is 358 g/mol. The maximum Gasteiger partial charge on any atom is 0.280 e. The van der Waals surface area contributed by atoms with Crippen molar-refractivity contribution in [1.29, 1.82) is 5.26 Å². The zero-order valence-electron chi connectivity index (χ0n) is 13.0. The van der Waals surface area contributed by atoms with Gasteiger partial charge in [-0.3, -0.25) is 4.72 Å². The Balaban J connectivity index is 1.96. The van der Waals surface area contributed by atoms with E-state index in [9.17, 15) is 8.42 Å². The SMILES string of the molecule is Cc1ccc(-c2ccc(C#N)s2)cc1NS(=O)(=O)c1cn(C)cn1. The van der Waals surface area contributed by atoms with Crippen LogP contribution in [0.5, 0.6) is 0 Å². The van der Waals surface area contributed by atoms with Crippen molar-refractivity contribution in [2.75, 3.05) is 4.72 Å². The molecule has 122 valence electrons. The fourth-order valence-electron chi connectivity index (χ4n) is 2.16. The first kappa shape index (κ1) is 16.2. The van der Waals surface area contributed by atoms with Gasteiger partial charge in [-0.15, -0.1) is 11.3 Å². The Kier molecular flexibility index (Phi) is 4.13. The van der Waals surface area contributed by atoms with Crippen molar-refractivity contribution in [3.63, 3.8) is 0 Å². The van der Waals surface area contributed by atoms with Crippen LogP contribution in [0.1, 0.15) is 10.4 Å². The Hall–Kier alpha value is -2.63. The molecular formula is C16H14N4O2S2. The van der Waals surface area contributed by atoms with Gasteiger partial charge in [0.1, 0.15) is 10.9 Å². The van der Waals surface area contributed by atoms with Gasteiger partial charge < -0.3 is 4.57 Å². The summed E-state index contributed by atoms with van der Waals surface area (Å²) in [6.45, 7) is 1.83. The second-order valence-corrected chi connectivity index (χ2v) is 8.00. The van der Waals surface area contributed by atoms with Gasteiger partial charge >= 0.3 is 0 Å². The molecule has 0 aliphatic heterocycles. The molecule has 0 radical (unpaired) electrons. The lowest BCUT2D eigenvalue weighted by atomic mass is 10.1. The number of sulfonamides is 1. The van der Waals surface area contributed by atoms with Gasteiger partial charge in [-0.05, 0) is 36.2 Å². The smallest absolute Gasteiger partial charge is 0.280 e. The molecule has 0 amide bonds. The van der Waals surface area contributed by atoms with E-state index in [-0.39, 0.29) is 5.03 Å². The summed E-state index contributed by atoms with van der Waals surface area (Å²) in [5.41, 5.74) is 2.14. The van der Waals surface area contributed by atoms with Crippen molar-refractivity contribution in [1.82, 2.24) is 9.55 Å². The largest absolute Gasteiger partial charge is 0.339 e. The van der Waals surface area contributed by atoms with Crippen LogP contribution < -0.4 is 4.72 Å². The summed E-state index contributed by atoms with van der Waals surface area (Å²) >= 11 is 1.36. The number of nitrogens with one attached hydrogen (secondary N) is 1. The van der Waals surface area contributed by atoms with E-state index in [0.717, 1.165) is 16.0 Å². The third-order valence-electron chi connectivity index (χ3n) is 3.44. The van der Waals surface area contributed by atoms with Gasteiger partial charge in [-0.1, -0.05) is 12.1 Å². The standard InChI is InChI=1S/C16H14N4O2S2/c1-11-3-4-12(15-6-5-13(8-17)23-15)7-14(11)19-24(21,22)16-9-20(2)10-18-16/h3-7,9-10,19H,1-2H3. The van der Waals surface area contributed by atoms with Gasteiger partial charge in [-0.25, -0.2) is 4.98 Å². The van der Waals surface area contributed by atoms with E-state index in [4.69, 9.17) is 5.26 Å². The van der Waals surface area contributed by atoms with Gasteiger partial charge in [-0.2, -0.15) is 13.7 Å². The number of aromatic nitrogens is 2. The van der Waals surface area contributed by atoms with E-state index < -0.39 is 10.0 Å². The lowest BCUT2D eigenvalue weighted by molar-refractivity contribution is 0.598. The van der Waals surface area contributed by atoms with Crippen LogP contribution in [0.3, 0.4) is 0 Å². The predicted molar refractivity (Wildman–Crippen MR) is 93.2 cm³/mol.